The predicted molar refractivity (Wildman–Crippen MR) is 91.0 cm³/mol. The average molecular weight is 335 g/mol. The molecule has 0 aromatic heterocycles. The highest BCUT2D eigenvalue weighted by atomic mass is 31.2. The standard InChI is InChI=1S/C18H26NO3P/c1-3-16-17(12-13(2)20-16)21-23-19-11-7-10-15(19)18(22-23)14-8-5-4-6-9-14/h4-6,8-9,13,15-18H,3,7,10-12H2,1-2H3/t13-,15?,16+,17?,18+,23+/m0/s1. The van der Waals surface area contributed by atoms with Crippen molar-refractivity contribution in [1.82, 2.24) is 4.67 Å². The normalized spacial score (nSPS) is 40.6. The first-order valence-electron chi connectivity index (χ1n) is 8.87. The van der Waals surface area contributed by atoms with E-state index >= 15 is 0 Å². The Morgan fingerprint density at radius 3 is 2.91 bits per heavy atom. The summed E-state index contributed by atoms with van der Waals surface area (Å²) in [6.45, 7) is 5.41. The lowest BCUT2D eigenvalue weighted by Gasteiger charge is -2.25. The summed E-state index contributed by atoms with van der Waals surface area (Å²) in [6.07, 6.45) is 5.28. The van der Waals surface area contributed by atoms with E-state index in [0.29, 0.717) is 12.1 Å². The molecule has 4 nitrogen and oxygen atoms in total. The van der Waals surface area contributed by atoms with Crippen molar-refractivity contribution >= 4 is 8.53 Å². The molecule has 0 spiro atoms. The first-order valence-corrected chi connectivity index (χ1v) is 10.00. The van der Waals surface area contributed by atoms with Gasteiger partial charge in [0.05, 0.1) is 18.3 Å². The van der Waals surface area contributed by atoms with E-state index in [4.69, 9.17) is 13.8 Å². The molecule has 0 radical (unpaired) electrons. The van der Waals surface area contributed by atoms with Gasteiger partial charge in [0, 0.05) is 19.0 Å². The van der Waals surface area contributed by atoms with E-state index in [2.05, 4.69) is 48.8 Å². The number of fused-ring (bicyclic) bond motifs is 1. The number of benzene rings is 1. The van der Waals surface area contributed by atoms with E-state index in [1.807, 2.05) is 0 Å². The van der Waals surface area contributed by atoms with Crippen molar-refractivity contribution in [3.63, 3.8) is 0 Å². The molecule has 0 saturated carbocycles. The van der Waals surface area contributed by atoms with E-state index in [-0.39, 0.29) is 18.3 Å². The van der Waals surface area contributed by atoms with Crippen molar-refractivity contribution in [2.45, 2.75) is 70.0 Å². The average Bonchev–Trinajstić information content (AvgIpc) is 3.25. The van der Waals surface area contributed by atoms with Crippen LogP contribution in [0.1, 0.15) is 51.2 Å². The van der Waals surface area contributed by atoms with Crippen LogP contribution in [0.2, 0.25) is 0 Å². The fourth-order valence-corrected chi connectivity index (χ4v) is 6.02. The van der Waals surface area contributed by atoms with Crippen LogP contribution in [0.15, 0.2) is 30.3 Å². The van der Waals surface area contributed by atoms with Crippen molar-refractivity contribution in [2.75, 3.05) is 6.54 Å². The molecular formula is C18H26NO3P. The molecule has 0 N–H and O–H groups in total. The molecule has 126 valence electrons. The minimum absolute atomic E-state index is 0.157. The summed E-state index contributed by atoms with van der Waals surface area (Å²) in [7, 11) is -0.958. The molecule has 3 aliphatic rings. The molecule has 2 unspecified atom stereocenters. The maximum absolute atomic E-state index is 6.46. The highest BCUT2D eigenvalue weighted by Gasteiger charge is 2.49. The first-order chi connectivity index (χ1) is 11.3. The van der Waals surface area contributed by atoms with Crippen molar-refractivity contribution in [3.8, 4) is 0 Å². The lowest BCUT2D eigenvalue weighted by Crippen LogP contribution is -2.26. The Bertz CT molecular complexity index is 528. The molecule has 6 atom stereocenters. The van der Waals surface area contributed by atoms with Gasteiger partial charge in [0.1, 0.15) is 6.10 Å². The van der Waals surface area contributed by atoms with E-state index in [1.165, 1.54) is 18.4 Å². The second kappa shape index (κ2) is 6.78. The Morgan fingerprint density at radius 2 is 2.13 bits per heavy atom. The molecule has 3 saturated heterocycles. The van der Waals surface area contributed by atoms with Crippen molar-refractivity contribution in [2.24, 2.45) is 0 Å². The second-order valence-electron chi connectivity index (χ2n) is 6.82. The largest absolute Gasteiger partial charge is 0.372 e. The van der Waals surface area contributed by atoms with E-state index in [0.717, 1.165) is 19.4 Å². The molecule has 0 bridgehead atoms. The summed E-state index contributed by atoms with van der Waals surface area (Å²) in [5.41, 5.74) is 1.28. The van der Waals surface area contributed by atoms with Crippen LogP contribution in [-0.4, -0.2) is 35.6 Å². The molecular weight excluding hydrogens is 309 g/mol. The second-order valence-corrected chi connectivity index (χ2v) is 8.23. The Kier molecular flexibility index (Phi) is 4.71. The fraction of sp³-hybridized carbons (Fsp3) is 0.667. The van der Waals surface area contributed by atoms with Crippen LogP contribution in [0, 0.1) is 0 Å². The first kappa shape index (κ1) is 16.0. The predicted octanol–water partition coefficient (Wildman–Crippen LogP) is 4.42. The molecule has 0 aliphatic carbocycles. The van der Waals surface area contributed by atoms with Crippen LogP contribution in [0.4, 0.5) is 0 Å². The third-order valence-electron chi connectivity index (χ3n) is 5.17. The number of rotatable bonds is 4. The zero-order valence-corrected chi connectivity index (χ0v) is 14.8. The molecule has 5 heteroatoms. The van der Waals surface area contributed by atoms with E-state index in [9.17, 15) is 0 Å². The Balaban J connectivity index is 1.49. The summed E-state index contributed by atoms with van der Waals surface area (Å²) < 4.78 is 21.3. The molecule has 0 amide bonds. The molecule has 4 rings (SSSR count). The van der Waals surface area contributed by atoms with Gasteiger partial charge in [-0.1, -0.05) is 37.3 Å². The minimum atomic E-state index is -0.958. The Labute approximate surface area is 140 Å². The van der Waals surface area contributed by atoms with Gasteiger partial charge in [0.25, 0.3) is 8.53 Å². The lowest BCUT2D eigenvalue weighted by atomic mass is 10.0. The van der Waals surface area contributed by atoms with Gasteiger partial charge in [-0.2, -0.15) is 0 Å². The van der Waals surface area contributed by atoms with Gasteiger partial charge in [-0.05, 0) is 31.7 Å². The summed E-state index contributed by atoms with van der Waals surface area (Å²) >= 11 is 0. The van der Waals surface area contributed by atoms with Gasteiger partial charge in [0.15, 0.2) is 0 Å². The van der Waals surface area contributed by atoms with Gasteiger partial charge in [-0.25, -0.2) is 4.67 Å². The fourth-order valence-electron chi connectivity index (χ4n) is 4.03. The lowest BCUT2D eigenvalue weighted by molar-refractivity contribution is 0.0193. The van der Waals surface area contributed by atoms with E-state index < -0.39 is 8.53 Å². The van der Waals surface area contributed by atoms with Crippen LogP contribution in [0.25, 0.3) is 0 Å². The van der Waals surface area contributed by atoms with Crippen LogP contribution in [0.3, 0.4) is 0 Å². The van der Waals surface area contributed by atoms with Crippen LogP contribution >= 0.6 is 8.53 Å². The van der Waals surface area contributed by atoms with Crippen molar-refractivity contribution < 1.29 is 13.8 Å². The molecule has 3 fully saturated rings. The Morgan fingerprint density at radius 1 is 1.30 bits per heavy atom. The Hall–Kier alpha value is -0.510. The quantitative estimate of drug-likeness (QED) is 0.762. The summed E-state index contributed by atoms with van der Waals surface area (Å²) in [5, 5.41) is 0. The van der Waals surface area contributed by atoms with Gasteiger partial charge >= 0.3 is 0 Å². The molecule has 1 aromatic rings. The van der Waals surface area contributed by atoms with Crippen LogP contribution in [0.5, 0.6) is 0 Å². The number of ether oxygens (including phenoxy) is 1. The third kappa shape index (κ3) is 3.08. The SMILES string of the molecule is CC[C@H]1O[C@@H](C)CC1O[P@]1O[C@H](c2ccccc2)C2CCCN21. The van der Waals surface area contributed by atoms with Gasteiger partial charge in [-0.15, -0.1) is 0 Å². The van der Waals surface area contributed by atoms with Crippen LogP contribution < -0.4 is 0 Å². The summed E-state index contributed by atoms with van der Waals surface area (Å²) in [6, 6.07) is 11.1. The van der Waals surface area contributed by atoms with Crippen molar-refractivity contribution in [3.05, 3.63) is 35.9 Å². The van der Waals surface area contributed by atoms with Gasteiger partial charge < -0.3 is 13.8 Å². The van der Waals surface area contributed by atoms with Crippen LogP contribution in [-0.2, 0) is 13.8 Å². The molecule has 1 aromatic carbocycles. The third-order valence-corrected chi connectivity index (χ3v) is 6.95. The smallest absolute Gasteiger partial charge is 0.260 e. The summed E-state index contributed by atoms with van der Waals surface area (Å²) in [5.74, 6) is 0. The molecule has 3 heterocycles. The van der Waals surface area contributed by atoms with E-state index in [1.54, 1.807) is 0 Å². The highest BCUT2D eigenvalue weighted by Crippen LogP contribution is 2.61. The van der Waals surface area contributed by atoms with Gasteiger partial charge in [0.2, 0.25) is 0 Å². The highest BCUT2D eigenvalue weighted by molar-refractivity contribution is 7.44. The topological polar surface area (TPSA) is 30.9 Å². The maximum Gasteiger partial charge on any atom is 0.260 e. The zero-order valence-electron chi connectivity index (χ0n) is 13.9. The maximum atomic E-state index is 6.46. The van der Waals surface area contributed by atoms with Gasteiger partial charge in [-0.3, -0.25) is 0 Å². The number of hydrogen-bond donors (Lipinski definition) is 0. The monoisotopic (exact) mass is 335 g/mol. The zero-order chi connectivity index (χ0) is 15.8. The number of hydrogen-bond acceptors (Lipinski definition) is 4. The molecule has 3 aliphatic heterocycles. The number of nitrogens with zero attached hydrogens (tertiary/aromatic N) is 1. The van der Waals surface area contributed by atoms with Crippen molar-refractivity contribution in [1.29, 1.82) is 0 Å². The molecule has 23 heavy (non-hydrogen) atoms. The minimum Gasteiger partial charge on any atom is -0.372 e. The summed E-state index contributed by atoms with van der Waals surface area (Å²) in [4.78, 5) is 0.